The molecule has 1 aromatic rings. The normalized spacial score (nSPS) is 12.9. The predicted molar refractivity (Wildman–Crippen MR) is 78.9 cm³/mol. The molecule has 0 bridgehead atoms. The van der Waals surface area contributed by atoms with Gasteiger partial charge in [-0.1, -0.05) is 53.7 Å². The molecule has 0 radical (unpaired) electrons. The molecule has 0 aliphatic carbocycles. The van der Waals surface area contributed by atoms with Crippen molar-refractivity contribution in [1.82, 2.24) is 0 Å². The van der Waals surface area contributed by atoms with Gasteiger partial charge in [-0.05, 0) is 27.5 Å². The van der Waals surface area contributed by atoms with E-state index in [0.29, 0.717) is 16.7 Å². The molecule has 1 rings (SSSR count). The van der Waals surface area contributed by atoms with Crippen LogP contribution in [0.1, 0.15) is 58.2 Å². The van der Waals surface area contributed by atoms with Crippen LogP contribution in [0, 0.1) is 0 Å². The van der Waals surface area contributed by atoms with E-state index in [2.05, 4.69) is 0 Å². The molecule has 1 N–H and O–H groups in total. The Morgan fingerprint density at radius 1 is 1.00 bits per heavy atom. The van der Waals surface area contributed by atoms with E-state index in [1.165, 1.54) is 0 Å². The number of aromatic hydroxyl groups is 1. The van der Waals surface area contributed by atoms with E-state index in [1.807, 2.05) is 41.5 Å². The van der Waals surface area contributed by atoms with Crippen LogP contribution in [-0.2, 0) is 26.7 Å². The maximum absolute atomic E-state index is 11.0. The van der Waals surface area contributed by atoms with Gasteiger partial charge in [0.2, 0.25) is 0 Å². The summed E-state index contributed by atoms with van der Waals surface area (Å²) in [6, 6.07) is 3.22. The first-order valence-corrected chi connectivity index (χ1v) is 8.10. The minimum atomic E-state index is -4.35. The maximum atomic E-state index is 11.0. The van der Waals surface area contributed by atoms with Gasteiger partial charge in [0, 0.05) is 0 Å². The maximum Gasteiger partial charge on any atom is 1.00 e. The van der Waals surface area contributed by atoms with Gasteiger partial charge in [-0.2, -0.15) is 0 Å². The SMILES string of the molecule is CC(C)(C)c1cc(CS(=O)(=O)[O-])cc(C(C)(C)C)c1O.[Li+]. The van der Waals surface area contributed by atoms with E-state index in [4.69, 9.17) is 0 Å². The topological polar surface area (TPSA) is 77.4 Å². The van der Waals surface area contributed by atoms with Crippen LogP contribution in [0.25, 0.3) is 0 Å². The van der Waals surface area contributed by atoms with Crippen LogP contribution in [0.2, 0.25) is 0 Å². The molecule has 114 valence electrons. The molecule has 0 atom stereocenters. The molecule has 0 heterocycles. The molecule has 0 saturated carbocycles. The van der Waals surface area contributed by atoms with E-state index >= 15 is 0 Å². The Morgan fingerprint density at radius 2 is 1.33 bits per heavy atom. The fourth-order valence-corrected chi connectivity index (χ4v) is 2.70. The minimum absolute atomic E-state index is 0. The smallest absolute Gasteiger partial charge is 0.748 e. The van der Waals surface area contributed by atoms with Gasteiger partial charge in [0.05, 0.1) is 15.9 Å². The molecule has 0 saturated heterocycles. The molecule has 21 heavy (non-hydrogen) atoms. The summed E-state index contributed by atoms with van der Waals surface area (Å²) in [5.74, 6) is -0.378. The number of rotatable bonds is 2. The van der Waals surface area contributed by atoms with Gasteiger partial charge >= 0.3 is 18.9 Å². The van der Waals surface area contributed by atoms with Crippen molar-refractivity contribution in [2.24, 2.45) is 0 Å². The Balaban J connectivity index is 0.00000400. The standard InChI is InChI=1S/C15H24O4S.Li/c1-14(2,3)11-7-10(9-20(17,18)19)8-12(13(11)16)15(4,5)6;/h7-8,16H,9H2,1-6H3,(H,17,18,19);/q;+1/p-1. The summed E-state index contributed by atoms with van der Waals surface area (Å²) in [5.41, 5.74) is 1.05. The third-order valence-electron chi connectivity index (χ3n) is 3.13. The Labute approximate surface area is 139 Å². The molecule has 0 aliphatic rings. The van der Waals surface area contributed by atoms with E-state index in [9.17, 15) is 18.1 Å². The van der Waals surface area contributed by atoms with Crippen LogP contribution in [-0.4, -0.2) is 18.1 Å². The molecular weight excluding hydrogens is 283 g/mol. The summed E-state index contributed by atoms with van der Waals surface area (Å²) in [5, 5.41) is 10.5. The van der Waals surface area contributed by atoms with Crippen molar-refractivity contribution in [3.8, 4) is 5.75 Å². The number of hydrogen-bond acceptors (Lipinski definition) is 4. The molecule has 6 heteroatoms. The van der Waals surface area contributed by atoms with E-state index in [0.717, 1.165) is 0 Å². The van der Waals surface area contributed by atoms with Crippen LogP contribution in [0.4, 0.5) is 0 Å². The quantitative estimate of drug-likeness (QED) is 0.618. The van der Waals surface area contributed by atoms with Crippen LogP contribution < -0.4 is 18.9 Å². The van der Waals surface area contributed by atoms with Gasteiger partial charge in [-0.15, -0.1) is 0 Å². The number of phenols is 1. The largest absolute Gasteiger partial charge is 1.00 e. The van der Waals surface area contributed by atoms with E-state index in [-0.39, 0.29) is 35.4 Å². The van der Waals surface area contributed by atoms with Crippen molar-refractivity contribution in [3.05, 3.63) is 28.8 Å². The molecule has 0 aliphatic heterocycles. The first kappa shape index (κ1) is 20.5. The zero-order valence-corrected chi connectivity index (χ0v) is 14.8. The molecule has 0 amide bonds. The van der Waals surface area contributed by atoms with Crippen molar-refractivity contribution in [2.45, 2.75) is 58.1 Å². The Hall–Kier alpha value is -0.473. The van der Waals surface area contributed by atoms with Crippen molar-refractivity contribution in [3.63, 3.8) is 0 Å². The van der Waals surface area contributed by atoms with Gasteiger partial charge in [0.1, 0.15) is 5.75 Å². The third kappa shape index (κ3) is 5.67. The molecule has 0 unspecified atom stereocenters. The van der Waals surface area contributed by atoms with Gasteiger partial charge in [0.15, 0.2) is 0 Å². The minimum Gasteiger partial charge on any atom is -0.748 e. The Morgan fingerprint density at radius 3 is 1.57 bits per heavy atom. The molecule has 4 nitrogen and oxygen atoms in total. The first-order chi connectivity index (χ1) is 8.72. The van der Waals surface area contributed by atoms with Crippen molar-refractivity contribution >= 4 is 10.1 Å². The Kier molecular flexibility index (Phi) is 6.19. The first-order valence-electron chi connectivity index (χ1n) is 6.52. The van der Waals surface area contributed by atoms with E-state index < -0.39 is 15.9 Å². The van der Waals surface area contributed by atoms with Crippen LogP contribution >= 0.6 is 0 Å². The number of hydrogen-bond donors (Lipinski definition) is 1. The second-order valence-corrected chi connectivity index (χ2v) is 8.65. The summed E-state index contributed by atoms with van der Waals surface area (Å²) in [7, 11) is -4.35. The second kappa shape index (κ2) is 6.34. The molecule has 0 aromatic heterocycles. The zero-order chi connectivity index (χ0) is 15.9. The van der Waals surface area contributed by atoms with Crippen molar-refractivity contribution < 1.29 is 36.9 Å². The molecule has 0 spiro atoms. The second-order valence-electron chi connectivity index (χ2n) is 7.24. The van der Waals surface area contributed by atoms with Crippen molar-refractivity contribution in [1.29, 1.82) is 0 Å². The molecule has 0 fully saturated rings. The van der Waals surface area contributed by atoms with Gasteiger partial charge in [0.25, 0.3) is 0 Å². The fourth-order valence-electron chi connectivity index (χ4n) is 2.13. The van der Waals surface area contributed by atoms with Crippen molar-refractivity contribution in [2.75, 3.05) is 0 Å². The summed E-state index contributed by atoms with van der Waals surface area (Å²) < 4.78 is 33.0. The van der Waals surface area contributed by atoms with Crippen LogP contribution in [0.5, 0.6) is 5.75 Å². The average molecular weight is 306 g/mol. The summed E-state index contributed by atoms with van der Waals surface area (Å²) in [6.45, 7) is 11.6. The fraction of sp³-hybridized carbons (Fsp3) is 0.600. The van der Waals surface area contributed by atoms with Gasteiger partial charge in [-0.25, -0.2) is 8.42 Å². The Bertz CT molecular complexity index is 573. The van der Waals surface area contributed by atoms with Crippen LogP contribution in [0.15, 0.2) is 12.1 Å². The predicted octanol–water partition coefficient (Wildman–Crippen LogP) is 0.0364. The summed E-state index contributed by atoms with van der Waals surface area (Å²) in [6.07, 6.45) is 0. The molecule has 1 aromatic carbocycles. The third-order valence-corrected chi connectivity index (χ3v) is 3.82. The average Bonchev–Trinajstić information content (AvgIpc) is 2.14. The number of phenolic OH excluding ortho intramolecular Hbond substituents is 1. The van der Waals surface area contributed by atoms with Crippen LogP contribution in [0.3, 0.4) is 0 Å². The zero-order valence-electron chi connectivity index (χ0n) is 13.9. The summed E-state index contributed by atoms with van der Waals surface area (Å²) in [4.78, 5) is 0. The van der Waals surface area contributed by atoms with Gasteiger partial charge < -0.3 is 9.66 Å². The molecular formula is C15H23LiO4S. The number of benzene rings is 1. The monoisotopic (exact) mass is 306 g/mol. The van der Waals surface area contributed by atoms with Gasteiger partial charge in [-0.3, -0.25) is 0 Å². The van der Waals surface area contributed by atoms with E-state index in [1.54, 1.807) is 12.1 Å². The summed E-state index contributed by atoms with van der Waals surface area (Å²) >= 11 is 0.